The van der Waals surface area contributed by atoms with Crippen molar-refractivity contribution >= 4 is 38.9 Å². The van der Waals surface area contributed by atoms with E-state index in [0.717, 1.165) is 11.3 Å². The minimum atomic E-state index is -3.73. The second-order valence-electron chi connectivity index (χ2n) is 5.47. The van der Waals surface area contributed by atoms with Crippen molar-refractivity contribution in [1.82, 2.24) is 9.97 Å². The SMILES string of the molecule is NS(=O)(=O)c1cccc(CNc2cc(Nc3cccc(Cl)c3)ncn2)c1. The quantitative estimate of drug-likeness (QED) is 0.597. The zero-order valence-electron chi connectivity index (χ0n) is 13.6. The van der Waals surface area contributed by atoms with Gasteiger partial charge >= 0.3 is 0 Å². The number of hydrogen-bond donors (Lipinski definition) is 3. The predicted molar refractivity (Wildman–Crippen MR) is 102 cm³/mol. The van der Waals surface area contributed by atoms with Crippen molar-refractivity contribution in [3.63, 3.8) is 0 Å². The molecule has 0 aliphatic carbocycles. The summed E-state index contributed by atoms with van der Waals surface area (Å²) in [5.41, 5.74) is 1.57. The van der Waals surface area contributed by atoms with Crippen molar-refractivity contribution in [2.45, 2.75) is 11.4 Å². The summed E-state index contributed by atoms with van der Waals surface area (Å²) in [6, 6.07) is 15.4. The molecule has 3 rings (SSSR count). The lowest BCUT2D eigenvalue weighted by Gasteiger charge is -2.09. The molecule has 2 aromatic carbocycles. The molecule has 0 radical (unpaired) electrons. The Hall–Kier alpha value is -2.68. The normalized spacial score (nSPS) is 11.2. The second-order valence-corrected chi connectivity index (χ2v) is 7.47. The van der Waals surface area contributed by atoms with Crippen LogP contribution < -0.4 is 15.8 Å². The van der Waals surface area contributed by atoms with E-state index in [0.29, 0.717) is 23.2 Å². The van der Waals surface area contributed by atoms with Crippen LogP contribution in [0.2, 0.25) is 5.02 Å². The summed E-state index contributed by atoms with van der Waals surface area (Å²) in [6.07, 6.45) is 1.43. The molecule has 1 aromatic heterocycles. The van der Waals surface area contributed by atoms with Crippen LogP contribution in [0.3, 0.4) is 0 Å². The Bertz CT molecular complexity index is 1030. The van der Waals surface area contributed by atoms with Gasteiger partial charge in [-0.3, -0.25) is 0 Å². The van der Waals surface area contributed by atoms with E-state index in [9.17, 15) is 8.42 Å². The lowest BCUT2D eigenvalue weighted by atomic mass is 10.2. The summed E-state index contributed by atoms with van der Waals surface area (Å²) in [4.78, 5) is 8.39. The smallest absolute Gasteiger partial charge is 0.238 e. The molecule has 3 aromatic rings. The number of benzene rings is 2. The molecule has 1 heterocycles. The van der Waals surface area contributed by atoms with Gasteiger partial charge in [0.1, 0.15) is 18.0 Å². The van der Waals surface area contributed by atoms with E-state index >= 15 is 0 Å². The van der Waals surface area contributed by atoms with E-state index in [4.69, 9.17) is 16.7 Å². The summed E-state index contributed by atoms with van der Waals surface area (Å²) in [5, 5.41) is 12.0. The van der Waals surface area contributed by atoms with Crippen LogP contribution in [0.25, 0.3) is 0 Å². The number of primary sulfonamides is 1. The molecule has 0 amide bonds. The Morgan fingerprint density at radius 2 is 1.77 bits per heavy atom. The standard InChI is InChI=1S/C17H16ClN5O2S/c18-13-4-2-5-14(8-13)23-17-9-16(21-11-22-17)20-10-12-3-1-6-15(7-12)26(19,24)25/h1-9,11H,10H2,(H2,19,24,25)(H2,20,21,22,23). The van der Waals surface area contributed by atoms with E-state index in [2.05, 4.69) is 20.6 Å². The van der Waals surface area contributed by atoms with E-state index in [-0.39, 0.29) is 4.90 Å². The van der Waals surface area contributed by atoms with Crippen LogP contribution in [0.5, 0.6) is 0 Å². The number of sulfonamides is 1. The third-order valence-electron chi connectivity index (χ3n) is 3.46. The van der Waals surface area contributed by atoms with Crippen LogP contribution in [0.1, 0.15) is 5.56 Å². The van der Waals surface area contributed by atoms with Crippen LogP contribution >= 0.6 is 11.6 Å². The van der Waals surface area contributed by atoms with E-state index in [1.165, 1.54) is 18.5 Å². The summed E-state index contributed by atoms with van der Waals surface area (Å²) in [5.74, 6) is 1.19. The third kappa shape index (κ3) is 4.92. The number of anilines is 3. The lowest BCUT2D eigenvalue weighted by Crippen LogP contribution is -2.12. The molecule has 0 aliphatic heterocycles. The van der Waals surface area contributed by atoms with Gasteiger partial charge in [0, 0.05) is 23.3 Å². The minimum absolute atomic E-state index is 0.0720. The highest BCUT2D eigenvalue weighted by molar-refractivity contribution is 7.89. The molecule has 0 atom stereocenters. The van der Waals surface area contributed by atoms with Gasteiger partial charge in [-0.05, 0) is 35.9 Å². The molecule has 0 saturated carbocycles. The van der Waals surface area contributed by atoms with Crippen molar-refractivity contribution < 1.29 is 8.42 Å². The Morgan fingerprint density at radius 3 is 2.54 bits per heavy atom. The van der Waals surface area contributed by atoms with Crippen LogP contribution in [0.4, 0.5) is 17.3 Å². The molecule has 0 bridgehead atoms. The molecule has 9 heteroatoms. The van der Waals surface area contributed by atoms with Crippen LogP contribution in [-0.2, 0) is 16.6 Å². The summed E-state index contributed by atoms with van der Waals surface area (Å²) in [6.45, 7) is 0.386. The Morgan fingerprint density at radius 1 is 1.00 bits per heavy atom. The zero-order valence-corrected chi connectivity index (χ0v) is 15.1. The highest BCUT2D eigenvalue weighted by Crippen LogP contribution is 2.20. The van der Waals surface area contributed by atoms with E-state index in [1.54, 1.807) is 30.3 Å². The monoisotopic (exact) mass is 389 g/mol. The second kappa shape index (κ2) is 7.69. The molecule has 134 valence electrons. The van der Waals surface area contributed by atoms with Crippen molar-refractivity contribution in [3.8, 4) is 0 Å². The molecule has 0 fully saturated rings. The number of aromatic nitrogens is 2. The van der Waals surface area contributed by atoms with Gasteiger partial charge in [-0.25, -0.2) is 23.5 Å². The van der Waals surface area contributed by atoms with Gasteiger partial charge in [0.05, 0.1) is 4.90 Å². The average Bonchev–Trinajstić information content (AvgIpc) is 2.60. The molecule has 4 N–H and O–H groups in total. The van der Waals surface area contributed by atoms with Gasteiger partial charge < -0.3 is 10.6 Å². The molecule has 26 heavy (non-hydrogen) atoms. The maximum absolute atomic E-state index is 11.4. The summed E-state index contributed by atoms with van der Waals surface area (Å²) >= 11 is 5.97. The van der Waals surface area contributed by atoms with Gasteiger partial charge in [0.15, 0.2) is 0 Å². The fraction of sp³-hybridized carbons (Fsp3) is 0.0588. The summed E-state index contributed by atoms with van der Waals surface area (Å²) < 4.78 is 22.8. The number of nitrogens with zero attached hydrogens (tertiary/aromatic N) is 2. The highest BCUT2D eigenvalue weighted by atomic mass is 35.5. The topological polar surface area (TPSA) is 110 Å². The third-order valence-corrected chi connectivity index (χ3v) is 4.61. The van der Waals surface area contributed by atoms with Crippen LogP contribution in [0.15, 0.2) is 65.8 Å². The maximum atomic E-state index is 11.4. The van der Waals surface area contributed by atoms with Crippen molar-refractivity contribution in [2.24, 2.45) is 5.14 Å². The predicted octanol–water partition coefficient (Wildman–Crippen LogP) is 3.13. The van der Waals surface area contributed by atoms with E-state index < -0.39 is 10.0 Å². The van der Waals surface area contributed by atoms with E-state index in [1.807, 2.05) is 12.1 Å². The first-order valence-electron chi connectivity index (χ1n) is 7.60. The fourth-order valence-corrected chi connectivity index (χ4v) is 3.04. The number of halogens is 1. The molecule has 0 unspecified atom stereocenters. The van der Waals surface area contributed by atoms with Crippen LogP contribution in [-0.4, -0.2) is 18.4 Å². The molecule has 0 aliphatic rings. The van der Waals surface area contributed by atoms with Gasteiger partial charge in [0.2, 0.25) is 10.0 Å². The molecule has 0 saturated heterocycles. The van der Waals surface area contributed by atoms with Crippen molar-refractivity contribution in [3.05, 3.63) is 71.5 Å². The number of rotatable bonds is 6. The average molecular weight is 390 g/mol. The number of nitrogens with one attached hydrogen (secondary N) is 2. The van der Waals surface area contributed by atoms with Gasteiger partial charge in [0.25, 0.3) is 0 Å². The number of hydrogen-bond acceptors (Lipinski definition) is 6. The van der Waals surface area contributed by atoms with Crippen molar-refractivity contribution in [1.29, 1.82) is 0 Å². The number of nitrogens with two attached hydrogens (primary N) is 1. The highest BCUT2D eigenvalue weighted by Gasteiger charge is 2.08. The molecule has 7 nitrogen and oxygen atoms in total. The Balaban J connectivity index is 1.69. The molecular weight excluding hydrogens is 374 g/mol. The minimum Gasteiger partial charge on any atom is -0.366 e. The maximum Gasteiger partial charge on any atom is 0.238 e. The Labute approximate surface area is 156 Å². The fourth-order valence-electron chi connectivity index (χ4n) is 2.26. The first-order valence-corrected chi connectivity index (χ1v) is 9.53. The molecule has 0 spiro atoms. The first-order chi connectivity index (χ1) is 12.4. The van der Waals surface area contributed by atoms with Gasteiger partial charge in [-0.15, -0.1) is 0 Å². The van der Waals surface area contributed by atoms with Crippen LogP contribution in [0, 0.1) is 0 Å². The first kappa shape index (κ1) is 18.1. The largest absolute Gasteiger partial charge is 0.366 e. The zero-order chi connectivity index (χ0) is 18.6. The van der Waals surface area contributed by atoms with Crippen molar-refractivity contribution in [2.75, 3.05) is 10.6 Å². The van der Waals surface area contributed by atoms with Gasteiger partial charge in [-0.2, -0.15) is 0 Å². The lowest BCUT2D eigenvalue weighted by molar-refractivity contribution is 0.597. The summed E-state index contributed by atoms with van der Waals surface area (Å²) in [7, 11) is -3.73. The Kier molecular flexibility index (Phi) is 5.36. The molecular formula is C17H16ClN5O2S. The van der Waals surface area contributed by atoms with Gasteiger partial charge in [-0.1, -0.05) is 29.8 Å².